The summed E-state index contributed by atoms with van der Waals surface area (Å²) >= 11 is 3.54. The van der Waals surface area contributed by atoms with Crippen LogP contribution in [0.15, 0.2) is 24.3 Å². The van der Waals surface area contributed by atoms with Gasteiger partial charge in [-0.15, -0.1) is 0 Å². The summed E-state index contributed by atoms with van der Waals surface area (Å²) < 4.78 is 0. The molecule has 1 aromatic carbocycles. The van der Waals surface area contributed by atoms with Gasteiger partial charge in [0.25, 0.3) is 0 Å². The Morgan fingerprint density at radius 3 is 2.31 bits per heavy atom. The van der Waals surface area contributed by atoms with Crippen LogP contribution in [0.1, 0.15) is 30.9 Å². The molecule has 0 unspecified atom stereocenters. The summed E-state index contributed by atoms with van der Waals surface area (Å²) in [6.07, 6.45) is 3.91. The molecule has 0 aliphatic heterocycles. The van der Waals surface area contributed by atoms with Crippen LogP contribution in [0.5, 0.6) is 0 Å². The Morgan fingerprint density at radius 2 is 1.81 bits per heavy atom. The first-order valence-corrected chi connectivity index (χ1v) is 7.33. The number of hydrogen-bond donors (Lipinski definition) is 0. The number of benzene rings is 1. The van der Waals surface area contributed by atoms with Gasteiger partial charge in [0.05, 0.1) is 0 Å². The van der Waals surface area contributed by atoms with Crippen LogP contribution in [0.4, 0.5) is 0 Å². The van der Waals surface area contributed by atoms with Crippen LogP contribution < -0.4 is 0 Å². The SMILES string of the molecule is CCc1ccc(CN(CCBr)C2CC2)cc1. The van der Waals surface area contributed by atoms with E-state index in [-0.39, 0.29) is 0 Å². The van der Waals surface area contributed by atoms with Crippen molar-refractivity contribution >= 4 is 15.9 Å². The molecule has 0 saturated heterocycles. The molecule has 0 N–H and O–H groups in total. The van der Waals surface area contributed by atoms with E-state index in [0.29, 0.717) is 0 Å². The second-order valence-corrected chi connectivity index (χ2v) is 5.35. The van der Waals surface area contributed by atoms with Gasteiger partial charge in [0, 0.05) is 24.5 Å². The lowest BCUT2D eigenvalue weighted by atomic mass is 10.1. The Balaban J connectivity index is 1.94. The molecule has 2 rings (SSSR count). The van der Waals surface area contributed by atoms with E-state index < -0.39 is 0 Å². The van der Waals surface area contributed by atoms with Crippen LogP contribution in [-0.2, 0) is 13.0 Å². The van der Waals surface area contributed by atoms with E-state index in [4.69, 9.17) is 0 Å². The maximum atomic E-state index is 3.54. The molecule has 88 valence electrons. The Labute approximate surface area is 107 Å². The van der Waals surface area contributed by atoms with Gasteiger partial charge in [0.1, 0.15) is 0 Å². The van der Waals surface area contributed by atoms with Crippen molar-refractivity contribution in [2.45, 2.75) is 38.8 Å². The zero-order valence-electron chi connectivity index (χ0n) is 9.95. The molecule has 0 heterocycles. The van der Waals surface area contributed by atoms with E-state index in [1.54, 1.807) is 0 Å². The topological polar surface area (TPSA) is 3.24 Å². The lowest BCUT2D eigenvalue weighted by Gasteiger charge is -2.20. The van der Waals surface area contributed by atoms with Crippen LogP contribution in [0, 0.1) is 0 Å². The number of hydrogen-bond acceptors (Lipinski definition) is 1. The summed E-state index contributed by atoms with van der Waals surface area (Å²) in [4.78, 5) is 2.59. The molecular formula is C14H20BrN. The van der Waals surface area contributed by atoms with Crippen molar-refractivity contribution in [3.8, 4) is 0 Å². The number of halogens is 1. The van der Waals surface area contributed by atoms with E-state index in [1.165, 1.54) is 30.5 Å². The third-order valence-corrected chi connectivity index (χ3v) is 3.61. The van der Waals surface area contributed by atoms with Crippen LogP contribution in [0.3, 0.4) is 0 Å². The molecule has 0 bridgehead atoms. The fraction of sp³-hybridized carbons (Fsp3) is 0.571. The van der Waals surface area contributed by atoms with Gasteiger partial charge in [-0.05, 0) is 30.4 Å². The summed E-state index contributed by atoms with van der Waals surface area (Å²) in [5.41, 5.74) is 2.88. The van der Waals surface area contributed by atoms with Crippen molar-refractivity contribution in [1.82, 2.24) is 4.90 Å². The number of alkyl halides is 1. The molecule has 1 aromatic rings. The average molecular weight is 282 g/mol. The second kappa shape index (κ2) is 5.83. The highest BCUT2D eigenvalue weighted by atomic mass is 79.9. The predicted octanol–water partition coefficient (Wildman–Crippen LogP) is 3.61. The van der Waals surface area contributed by atoms with Crippen molar-refractivity contribution in [3.05, 3.63) is 35.4 Å². The van der Waals surface area contributed by atoms with Gasteiger partial charge < -0.3 is 0 Å². The first-order valence-electron chi connectivity index (χ1n) is 6.21. The molecule has 0 amide bonds. The fourth-order valence-electron chi connectivity index (χ4n) is 2.05. The molecule has 1 nitrogen and oxygen atoms in total. The molecule has 2 heteroatoms. The maximum absolute atomic E-state index is 3.54. The number of aryl methyl sites for hydroxylation is 1. The average Bonchev–Trinajstić information content (AvgIpc) is 3.13. The van der Waals surface area contributed by atoms with Crippen LogP contribution in [0.25, 0.3) is 0 Å². The van der Waals surface area contributed by atoms with Gasteiger partial charge in [0.15, 0.2) is 0 Å². The largest absolute Gasteiger partial charge is 0.295 e. The van der Waals surface area contributed by atoms with Crippen LogP contribution >= 0.6 is 15.9 Å². The molecule has 0 aromatic heterocycles. The normalized spacial score (nSPS) is 15.7. The zero-order valence-corrected chi connectivity index (χ0v) is 11.5. The molecule has 16 heavy (non-hydrogen) atoms. The predicted molar refractivity (Wildman–Crippen MR) is 73.0 cm³/mol. The second-order valence-electron chi connectivity index (χ2n) is 4.56. The number of rotatable bonds is 6. The summed E-state index contributed by atoms with van der Waals surface area (Å²) in [5.74, 6) is 0. The monoisotopic (exact) mass is 281 g/mol. The lowest BCUT2D eigenvalue weighted by molar-refractivity contribution is 0.272. The smallest absolute Gasteiger partial charge is 0.0237 e. The standard InChI is InChI=1S/C14H20BrN/c1-2-12-3-5-13(6-4-12)11-16(10-9-15)14-7-8-14/h3-6,14H,2,7-11H2,1H3. The van der Waals surface area contributed by atoms with Gasteiger partial charge in [-0.1, -0.05) is 47.1 Å². The Kier molecular flexibility index (Phi) is 4.42. The lowest BCUT2D eigenvalue weighted by Crippen LogP contribution is -2.27. The third kappa shape index (κ3) is 3.33. The van der Waals surface area contributed by atoms with E-state index in [0.717, 1.165) is 24.3 Å². The first-order chi connectivity index (χ1) is 7.83. The molecule has 0 radical (unpaired) electrons. The summed E-state index contributed by atoms with van der Waals surface area (Å²) in [6, 6.07) is 9.93. The van der Waals surface area contributed by atoms with E-state index >= 15 is 0 Å². The van der Waals surface area contributed by atoms with Gasteiger partial charge in [-0.25, -0.2) is 0 Å². The fourth-order valence-corrected chi connectivity index (χ4v) is 2.51. The zero-order chi connectivity index (χ0) is 11.4. The Bertz CT molecular complexity index is 316. The minimum Gasteiger partial charge on any atom is -0.295 e. The summed E-state index contributed by atoms with van der Waals surface area (Å²) in [7, 11) is 0. The molecule has 1 aliphatic rings. The molecule has 1 aliphatic carbocycles. The Morgan fingerprint density at radius 1 is 1.19 bits per heavy atom. The van der Waals surface area contributed by atoms with Crippen molar-refractivity contribution in [2.24, 2.45) is 0 Å². The number of nitrogens with zero attached hydrogens (tertiary/aromatic N) is 1. The molecular weight excluding hydrogens is 262 g/mol. The highest BCUT2D eigenvalue weighted by Gasteiger charge is 2.28. The van der Waals surface area contributed by atoms with Crippen molar-refractivity contribution in [3.63, 3.8) is 0 Å². The van der Waals surface area contributed by atoms with Gasteiger partial charge >= 0.3 is 0 Å². The van der Waals surface area contributed by atoms with E-state index in [1.807, 2.05) is 0 Å². The van der Waals surface area contributed by atoms with Crippen LogP contribution in [0.2, 0.25) is 0 Å². The van der Waals surface area contributed by atoms with Gasteiger partial charge in [-0.3, -0.25) is 4.90 Å². The molecule has 0 atom stereocenters. The van der Waals surface area contributed by atoms with Gasteiger partial charge in [0.2, 0.25) is 0 Å². The highest BCUT2D eigenvalue weighted by molar-refractivity contribution is 9.09. The molecule has 1 saturated carbocycles. The van der Waals surface area contributed by atoms with Crippen molar-refractivity contribution in [2.75, 3.05) is 11.9 Å². The quantitative estimate of drug-likeness (QED) is 0.720. The molecule has 1 fully saturated rings. The highest BCUT2D eigenvalue weighted by Crippen LogP contribution is 2.28. The maximum Gasteiger partial charge on any atom is 0.0237 e. The van der Waals surface area contributed by atoms with Crippen LogP contribution in [-0.4, -0.2) is 22.8 Å². The third-order valence-electron chi connectivity index (χ3n) is 3.25. The minimum absolute atomic E-state index is 0.850. The molecule has 0 spiro atoms. The minimum atomic E-state index is 0.850. The first kappa shape index (κ1) is 12.1. The van der Waals surface area contributed by atoms with E-state index in [9.17, 15) is 0 Å². The van der Waals surface area contributed by atoms with Crippen molar-refractivity contribution < 1.29 is 0 Å². The summed E-state index contributed by atoms with van der Waals surface area (Å²) in [6.45, 7) is 4.48. The summed E-state index contributed by atoms with van der Waals surface area (Å²) in [5, 5.41) is 1.08. The van der Waals surface area contributed by atoms with Crippen molar-refractivity contribution in [1.29, 1.82) is 0 Å². The Hall–Kier alpha value is -0.340. The van der Waals surface area contributed by atoms with E-state index in [2.05, 4.69) is 52.0 Å². The van der Waals surface area contributed by atoms with Gasteiger partial charge in [-0.2, -0.15) is 0 Å².